The summed E-state index contributed by atoms with van der Waals surface area (Å²) in [4.78, 5) is 11.8. The number of hydrogen-bond donors (Lipinski definition) is 1. The van der Waals surface area contributed by atoms with Crippen molar-refractivity contribution in [2.45, 2.75) is 12.5 Å². The van der Waals surface area contributed by atoms with E-state index in [9.17, 15) is 17.6 Å². The molecule has 1 unspecified atom stereocenters. The van der Waals surface area contributed by atoms with E-state index in [2.05, 4.69) is 21.2 Å². The zero-order chi connectivity index (χ0) is 13.3. The van der Waals surface area contributed by atoms with Crippen LogP contribution in [0.3, 0.4) is 0 Å². The molecule has 1 aliphatic rings. The minimum atomic E-state index is -3.04. The molecule has 98 valence electrons. The van der Waals surface area contributed by atoms with Gasteiger partial charge < -0.3 is 5.32 Å². The molecule has 7 heteroatoms. The summed E-state index contributed by atoms with van der Waals surface area (Å²) in [5, 5.41) is 2.60. The molecule has 1 amide bonds. The van der Waals surface area contributed by atoms with Gasteiger partial charge in [-0.1, -0.05) is 15.9 Å². The third kappa shape index (κ3) is 3.29. The van der Waals surface area contributed by atoms with Gasteiger partial charge >= 0.3 is 0 Å². The highest BCUT2D eigenvalue weighted by Crippen LogP contribution is 2.16. The molecule has 0 saturated carbocycles. The molecule has 0 radical (unpaired) electrons. The summed E-state index contributed by atoms with van der Waals surface area (Å²) in [6, 6.07) is 3.46. The van der Waals surface area contributed by atoms with Gasteiger partial charge in [-0.15, -0.1) is 0 Å². The van der Waals surface area contributed by atoms with E-state index >= 15 is 0 Å². The third-order valence-corrected chi connectivity index (χ3v) is 4.92. The molecule has 0 bridgehead atoms. The van der Waals surface area contributed by atoms with Crippen LogP contribution in [0, 0.1) is 5.82 Å². The van der Waals surface area contributed by atoms with Gasteiger partial charge in [-0.25, -0.2) is 12.8 Å². The number of halogens is 2. The van der Waals surface area contributed by atoms with Gasteiger partial charge in [0.05, 0.1) is 11.5 Å². The molecule has 2 rings (SSSR count). The molecule has 1 N–H and O–H groups in total. The summed E-state index contributed by atoms with van der Waals surface area (Å²) in [6.07, 6.45) is 0.407. The Hall–Kier alpha value is -0.950. The van der Waals surface area contributed by atoms with Gasteiger partial charge in [0, 0.05) is 16.1 Å². The predicted octanol–water partition coefficient (Wildman–Crippen LogP) is 1.51. The Morgan fingerprint density at radius 2 is 2.11 bits per heavy atom. The number of sulfone groups is 1. The van der Waals surface area contributed by atoms with E-state index in [0.29, 0.717) is 10.9 Å². The summed E-state index contributed by atoms with van der Waals surface area (Å²) >= 11 is 3.10. The van der Waals surface area contributed by atoms with Gasteiger partial charge in [0.25, 0.3) is 5.91 Å². The second-order valence-corrected chi connectivity index (χ2v) is 7.38. The number of rotatable bonds is 2. The highest BCUT2D eigenvalue weighted by Gasteiger charge is 2.29. The minimum absolute atomic E-state index is 0.0464. The number of amides is 1. The lowest BCUT2D eigenvalue weighted by molar-refractivity contribution is 0.0940. The molecule has 1 heterocycles. The maximum atomic E-state index is 13.1. The highest BCUT2D eigenvalue weighted by molar-refractivity contribution is 9.10. The summed E-state index contributed by atoms with van der Waals surface area (Å²) in [5.41, 5.74) is 0.172. The van der Waals surface area contributed by atoms with Crippen LogP contribution in [0.15, 0.2) is 22.7 Å². The molecule has 1 saturated heterocycles. The van der Waals surface area contributed by atoms with E-state index < -0.39 is 21.6 Å². The zero-order valence-electron chi connectivity index (χ0n) is 9.32. The average Bonchev–Trinajstić information content (AvgIpc) is 2.56. The fraction of sp³-hybridized carbons (Fsp3) is 0.364. The standard InChI is InChI=1S/C11H11BrFNO3S/c12-8-3-7(4-9(13)5-8)11(15)14-10-1-2-18(16,17)6-10/h3-5,10H,1-2,6H2,(H,14,15). The highest BCUT2D eigenvalue weighted by atomic mass is 79.9. The van der Waals surface area contributed by atoms with E-state index in [-0.39, 0.29) is 23.1 Å². The second-order valence-electron chi connectivity index (χ2n) is 4.23. The van der Waals surface area contributed by atoms with Crippen molar-refractivity contribution in [3.8, 4) is 0 Å². The molecule has 1 aliphatic heterocycles. The van der Waals surface area contributed by atoms with E-state index in [4.69, 9.17) is 0 Å². The lowest BCUT2D eigenvalue weighted by atomic mass is 10.2. The number of nitrogens with one attached hydrogen (secondary N) is 1. The van der Waals surface area contributed by atoms with E-state index in [1.807, 2.05) is 0 Å². The first-order valence-corrected chi connectivity index (χ1v) is 7.94. The van der Waals surface area contributed by atoms with Crippen molar-refractivity contribution in [3.05, 3.63) is 34.1 Å². The van der Waals surface area contributed by atoms with Crippen molar-refractivity contribution in [1.29, 1.82) is 0 Å². The van der Waals surface area contributed by atoms with Gasteiger partial charge in [-0.05, 0) is 24.6 Å². The quantitative estimate of drug-likeness (QED) is 0.890. The maximum Gasteiger partial charge on any atom is 0.251 e. The van der Waals surface area contributed by atoms with Crippen LogP contribution in [0.4, 0.5) is 4.39 Å². The number of benzene rings is 1. The summed E-state index contributed by atoms with van der Waals surface area (Å²) in [6.45, 7) is 0. The van der Waals surface area contributed by atoms with Gasteiger partial charge in [0.2, 0.25) is 0 Å². The van der Waals surface area contributed by atoms with Crippen LogP contribution >= 0.6 is 15.9 Å². The van der Waals surface area contributed by atoms with Crippen molar-refractivity contribution in [1.82, 2.24) is 5.32 Å². The van der Waals surface area contributed by atoms with Crippen molar-refractivity contribution in [2.24, 2.45) is 0 Å². The SMILES string of the molecule is O=C(NC1CCS(=O)(=O)C1)c1cc(F)cc(Br)c1. The zero-order valence-corrected chi connectivity index (χ0v) is 11.7. The average molecular weight is 336 g/mol. The predicted molar refractivity (Wildman–Crippen MR) is 68.6 cm³/mol. The van der Waals surface area contributed by atoms with Crippen LogP contribution in [-0.2, 0) is 9.84 Å². The Morgan fingerprint density at radius 3 is 2.67 bits per heavy atom. The number of hydrogen-bond acceptors (Lipinski definition) is 3. The molecule has 1 aromatic rings. The van der Waals surface area contributed by atoms with Crippen molar-refractivity contribution < 1.29 is 17.6 Å². The van der Waals surface area contributed by atoms with E-state index in [1.54, 1.807) is 0 Å². The molecule has 1 atom stereocenters. The van der Waals surface area contributed by atoms with Crippen molar-refractivity contribution in [2.75, 3.05) is 11.5 Å². The first-order chi connectivity index (χ1) is 8.35. The molecular weight excluding hydrogens is 325 g/mol. The Kier molecular flexibility index (Phi) is 3.72. The minimum Gasteiger partial charge on any atom is -0.348 e. The van der Waals surface area contributed by atoms with Crippen molar-refractivity contribution in [3.63, 3.8) is 0 Å². The van der Waals surface area contributed by atoms with Crippen molar-refractivity contribution >= 4 is 31.7 Å². The van der Waals surface area contributed by atoms with Crippen LogP contribution in [0.1, 0.15) is 16.8 Å². The van der Waals surface area contributed by atoms with Crippen LogP contribution in [-0.4, -0.2) is 31.9 Å². The molecule has 18 heavy (non-hydrogen) atoms. The fourth-order valence-electron chi connectivity index (χ4n) is 1.86. The lowest BCUT2D eigenvalue weighted by Gasteiger charge is -2.11. The summed E-state index contributed by atoms with van der Waals surface area (Å²) < 4.78 is 36.1. The number of carbonyl (C=O) groups is 1. The molecule has 4 nitrogen and oxygen atoms in total. The first kappa shape index (κ1) is 13.5. The first-order valence-electron chi connectivity index (χ1n) is 5.33. The molecule has 0 aliphatic carbocycles. The van der Waals surface area contributed by atoms with Crippen LogP contribution in [0.2, 0.25) is 0 Å². The monoisotopic (exact) mass is 335 g/mol. The Balaban J connectivity index is 2.08. The fourth-order valence-corrected chi connectivity index (χ4v) is 4.00. The maximum absolute atomic E-state index is 13.1. The molecule has 0 aromatic heterocycles. The number of carbonyl (C=O) groups excluding carboxylic acids is 1. The van der Waals surface area contributed by atoms with Crippen LogP contribution < -0.4 is 5.32 Å². The Labute approximate surface area is 113 Å². The Morgan fingerprint density at radius 1 is 1.39 bits per heavy atom. The van der Waals surface area contributed by atoms with E-state index in [0.717, 1.165) is 6.07 Å². The third-order valence-electron chi connectivity index (χ3n) is 2.69. The van der Waals surface area contributed by atoms with Crippen LogP contribution in [0.5, 0.6) is 0 Å². The Bertz CT molecular complexity index is 568. The summed E-state index contributed by atoms with van der Waals surface area (Å²) in [5.74, 6) is -0.939. The normalized spacial score (nSPS) is 21.8. The molecular formula is C11H11BrFNO3S. The van der Waals surface area contributed by atoms with Gasteiger partial charge in [-0.3, -0.25) is 4.79 Å². The summed E-state index contributed by atoms with van der Waals surface area (Å²) in [7, 11) is -3.04. The molecule has 0 spiro atoms. The largest absolute Gasteiger partial charge is 0.348 e. The molecule has 1 aromatic carbocycles. The molecule has 1 fully saturated rings. The topological polar surface area (TPSA) is 63.2 Å². The van der Waals surface area contributed by atoms with Gasteiger partial charge in [0.1, 0.15) is 5.82 Å². The van der Waals surface area contributed by atoms with Gasteiger partial charge in [-0.2, -0.15) is 0 Å². The smallest absolute Gasteiger partial charge is 0.251 e. The second kappa shape index (κ2) is 4.97. The lowest BCUT2D eigenvalue weighted by Crippen LogP contribution is -2.35. The van der Waals surface area contributed by atoms with E-state index in [1.165, 1.54) is 12.1 Å². The van der Waals surface area contributed by atoms with Crippen LogP contribution in [0.25, 0.3) is 0 Å². The van der Waals surface area contributed by atoms with Gasteiger partial charge in [0.15, 0.2) is 9.84 Å².